The van der Waals surface area contributed by atoms with E-state index >= 15 is 0 Å². The maximum atomic E-state index is 13.9. The molecule has 3 rings (SSSR count). The Labute approximate surface area is 260 Å². The van der Waals surface area contributed by atoms with Crippen molar-refractivity contribution in [1.82, 2.24) is 20.6 Å². The minimum Gasteiger partial charge on any atom is -0.444 e. The van der Waals surface area contributed by atoms with Gasteiger partial charge in [0.25, 0.3) is 0 Å². The van der Waals surface area contributed by atoms with E-state index in [0.29, 0.717) is 35.5 Å². The van der Waals surface area contributed by atoms with Gasteiger partial charge in [-0.2, -0.15) is 13.2 Å². The summed E-state index contributed by atoms with van der Waals surface area (Å²) in [5, 5.41) is 8.57. The van der Waals surface area contributed by atoms with Gasteiger partial charge >= 0.3 is 12.3 Å². The van der Waals surface area contributed by atoms with Gasteiger partial charge in [0.2, 0.25) is 11.8 Å². The summed E-state index contributed by atoms with van der Waals surface area (Å²) in [7, 11) is 1.27. The molecule has 2 fully saturated rings. The molecule has 43 heavy (non-hydrogen) atoms. The van der Waals surface area contributed by atoms with E-state index in [9.17, 15) is 27.6 Å². The van der Waals surface area contributed by atoms with Crippen LogP contribution < -0.4 is 15.7 Å². The summed E-state index contributed by atoms with van der Waals surface area (Å²) in [6.45, 7) is 7.26. The molecule has 1 aliphatic carbocycles. The molecule has 5 atom stereocenters. The van der Waals surface area contributed by atoms with Gasteiger partial charge in [0.1, 0.15) is 23.7 Å². The molecule has 1 aliphatic heterocycles. The van der Waals surface area contributed by atoms with Crippen LogP contribution in [0.4, 0.5) is 18.0 Å². The van der Waals surface area contributed by atoms with Crippen molar-refractivity contribution >= 4 is 46.2 Å². The zero-order chi connectivity index (χ0) is 31.9. The van der Waals surface area contributed by atoms with E-state index < -0.39 is 49.7 Å². The first-order valence-corrected chi connectivity index (χ1v) is 18.5. The molecule has 0 spiro atoms. The van der Waals surface area contributed by atoms with E-state index in [-0.39, 0.29) is 24.8 Å². The Morgan fingerprint density at radius 2 is 1.77 bits per heavy atom. The maximum absolute atomic E-state index is 13.9. The number of hydrogen-bond acceptors (Lipinski definition) is 5. The van der Waals surface area contributed by atoms with Crippen molar-refractivity contribution in [2.45, 2.75) is 109 Å². The number of carbonyl (C=O) groups excluding carboxylic acids is 3. The number of hydrogen-bond donors (Lipinski definition) is 3. The van der Waals surface area contributed by atoms with E-state index in [1.165, 1.54) is 11.0 Å². The summed E-state index contributed by atoms with van der Waals surface area (Å²) in [4.78, 5) is 41.5. The topological polar surface area (TPSA) is 99.8 Å². The fraction of sp³-hybridized carbons (Fsp3) is 0.690. The van der Waals surface area contributed by atoms with Crippen molar-refractivity contribution in [2.24, 2.45) is 5.92 Å². The highest BCUT2D eigenvalue weighted by Gasteiger charge is 2.42. The number of nitrogens with one attached hydrogen (secondary N) is 3. The fourth-order valence-electron chi connectivity index (χ4n) is 5.72. The first kappa shape index (κ1) is 35.8. The number of halogens is 4. The molecule has 3 amide bonds. The van der Waals surface area contributed by atoms with Crippen LogP contribution in [-0.4, -0.2) is 65.9 Å². The highest BCUT2D eigenvalue weighted by atomic mass is 35.5. The van der Waals surface area contributed by atoms with Crippen molar-refractivity contribution in [3.63, 3.8) is 0 Å². The zero-order valence-electron chi connectivity index (χ0n) is 25.2. The van der Waals surface area contributed by atoms with Crippen molar-refractivity contribution in [1.29, 1.82) is 0 Å². The summed E-state index contributed by atoms with van der Waals surface area (Å²) in [6.07, 6.45) is 0.173. The molecule has 3 N–H and O–H groups in total. The summed E-state index contributed by atoms with van der Waals surface area (Å²) in [5.74, 6) is -0.775. The lowest BCUT2D eigenvalue weighted by Crippen LogP contribution is -2.56. The lowest BCUT2D eigenvalue weighted by Gasteiger charge is -2.35. The third-order valence-electron chi connectivity index (χ3n) is 7.70. The van der Waals surface area contributed by atoms with Crippen LogP contribution in [0.2, 0.25) is 5.02 Å². The van der Waals surface area contributed by atoms with E-state index in [1.54, 1.807) is 39.6 Å². The summed E-state index contributed by atoms with van der Waals surface area (Å²) < 4.78 is 46.7. The van der Waals surface area contributed by atoms with Gasteiger partial charge in [-0.25, -0.2) is 4.79 Å². The number of benzene rings is 1. The van der Waals surface area contributed by atoms with Gasteiger partial charge in [-0.05, 0) is 96.5 Å². The number of alkyl carbamates (subject to hydrolysis) is 1. The van der Waals surface area contributed by atoms with Gasteiger partial charge in [0.05, 0.1) is 0 Å². The lowest BCUT2D eigenvalue weighted by atomic mass is 9.83. The molecule has 1 saturated heterocycles. The second-order valence-electron chi connectivity index (χ2n) is 12.4. The average molecular weight is 667 g/mol. The highest BCUT2D eigenvalue weighted by Crippen LogP contribution is 2.39. The average Bonchev–Trinajstić information content (AvgIpc) is 3.40. The number of carbonyl (C=O) groups is 3. The van der Waals surface area contributed by atoms with Crippen molar-refractivity contribution in [2.75, 3.05) is 13.2 Å². The number of likely N-dealkylation sites (tertiary alicyclic amines) is 1. The van der Waals surface area contributed by atoms with Crippen LogP contribution in [-0.2, 0) is 27.3 Å². The summed E-state index contributed by atoms with van der Waals surface area (Å²) >= 11 is 6.18. The van der Waals surface area contributed by atoms with Crippen molar-refractivity contribution < 1.29 is 32.3 Å². The van der Waals surface area contributed by atoms with E-state index in [4.69, 9.17) is 16.3 Å². The fourth-order valence-corrected chi connectivity index (χ4v) is 7.19. The van der Waals surface area contributed by atoms with Gasteiger partial charge in [-0.1, -0.05) is 45.9 Å². The minimum atomic E-state index is -4.46. The Kier molecular flexibility index (Phi) is 13.0. The molecule has 8 nitrogen and oxygen atoms in total. The molecule has 14 heteroatoms. The Bertz CT molecular complexity index is 1130. The van der Waals surface area contributed by atoms with Crippen molar-refractivity contribution in [3.8, 4) is 0 Å². The molecule has 1 saturated carbocycles. The maximum Gasteiger partial charge on any atom is 0.408 e. The Hall–Kier alpha value is -1.67. The van der Waals surface area contributed by atoms with Gasteiger partial charge in [0, 0.05) is 18.1 Å². The quantitative estimate of drug-likeness (QED) is 0.255. The van der Waals surface area contributed by atoms with Crippen LogP contribution in [0.25, 0.3) is 0 Å². The standard InChI is InChI=1S/C29H44ClF3N4O4P2/c1-28(2,3)41-27(40)35-24(18-9-6-5-7-10-18)26(39)37-14-8-11-22(37)25(38)34-17-20-15-21(30)13-12-19(20)16-23(29(31,32)33)36-43(4)42/h12-13,15,18,22-24,36H,5-11,14,16-17,42H2,1-4H3,(H,34,38)(H,35,40)/t22-,23?,24+,43?/m0/s1. The smallest absolute Gasteiger partial charge is 0.408 e. The van der Waals surface area contributed by atoms with E-state index in [0.717, 1.165) is 32.1 Å². The molecular weight excluding hydrogens is 623 g/mol. The van der Waals surface area contributed by atoms with Gasteiger partial charge in [0.15, 0.2) is 0 Å². The number of ether oxygens (including phenoxy) is 1. The van der Waals surface area contributed by atoms with Crippen LogP contribution in [0.1, 0.15) is 76.8 Å². The Balaban J connectivity index is 1.74. The molecule has 3 unspecified atom stereocenters. The highest BCUT2D eigenvalue weighted by molar-refractivity contribution is 8.12. The van der Waals surface area contributed by atoms with Crippen LogP contribution in [0, 0.1) is 5.92 Å². The number of rotatable bonds is 10. The largest absolute Gasteiger partial charge is 0.444 e. The van der Waals surface area contributed by atoms with Crippen LogP contribution in [0.3, 0.4) is 0 Å². The summed E-state index contributed by atoms with van der Waals surface area (Å²) in [5.41, 5.74) is 0.160. The van der Waals surface area contributed by atoms with Crippen LogP contribution in [0.15, 0.2) is 18.2 Å². The SMILES string of the molecule is CP(P)NC(Cc1ccc(Cl)cc1CNC(=O)[C@@H]1CCCN1C(=O)[C@H](NC(=O)OC(C)(C)C)C1CCCCC1)C(F)(F)F. The van der Waals surface area contributed by atoms with Crippen molar-refractivity contribution in [3.05, 3.63) is 34.3 Å². The monoisotopic (exact) mass is 666 g/mol. The predicted octanol–water partition coefficient (Wildman–Crippen LogP) is 6.30. The van der Waals surface area contributed by atoms with Gasteiger partial charge in [-0.15, -0.1) is 0 Å². The predicted molar refractivity (Wildman–Crippen MR) is 167 cm³/mol. The van der Waals surface area contributed by atoms with Gasteiger partial charge < -0.3 is 20.3 Å². The molecule has 0 aromatic heterocycles. The lowest BCUT2D eigenvalue weighted by molar-refractivity contribution is -0.150. The molecule has 0 bridgehead atoms. The first-order valence-electron chi connectivity index (χ1n) is 14.7. The third-order valence-corrected chi connectivity index (χ3v) is 9.10. The Morgan fingerprint density at radius 3 is 2.37 bits per heavy atom. The van der Waals surface area contributed by atoms with E-state index in [1.807, 2.05) is 0 Å². The molecule has 0 radical (unpaired) electrons. The number of nitrogens with zero attached hydrogens (tertiary/aromatic N) is 1. The zero-order valence-corrected chi connectivity index (χ0v) is 28.0. The molecule has 1 aromatic carbocycles. The molecular formula is C29H44ClF3N4O4P2. The normalized spacial score (nSPS) is 20.3. The molecule has 1 heterocycles. The number of amides is 3. The van der Waals surface area contributed by atoms with Crippen LogP contribution in [0.5, 0.6) is 0 Å². The third kappa shape index (κ3) is 11.0. The molecule has 1 aromatic rings. The van der Waals surface area contributed by atoms with Crippen LogP contribution >= 0.6 is 28.3 Å². The van der Waals surface area contributed by atoms with Gasteiger partial charge in [-0.3, -0.25) is 14.7 Å². The summed E-state index contributed by atoms with van der Waals surface area (Å²) in [6, 6.07) is 1.32. The molecule has 242 valence electrons. The number of alkyl halides is 3. The Morgan fingerprint density at radius 1 is 1.09 bits per heavy atom. The first-order chi connectivity index (χ1) is 20.0. The van der Waals surface area contributed by atoms with E-state index in [2.05, 4.69) is 24.6 Å². The second-order valence-corrected chi connectivity index (χ2v) is 16.6. The molecule has 2 aliphatic rings. The minimum absolute atomic E-state index is 0.0399. The second kappa shape index (κ2) is 15.6.